The van der Waals surface area contributed by atoms with Crippen LogP contribution in [0.3, 0.4) is 0 Å². The lowest BCUT2D eigenvalue weighted by Gasteiger charge is -2.39. The Morgan fingerprint density at radius 1 is 1.12 bits per heavy atom. The van der Waals surface area contributed by atoms with E-state index in [1.807, 2.05) is 42.5 Å². The van der Waals surface area contributed by atoms with Gasteiger partial charge in [-0.1, -0.05) is 42.5 Å². The SMILES string of the molecule is COc1ccc(CC(=O)N(C2CCNCC2)C(C)c2ccccc2)cc1. The zero-order valence-corrected chi connectivity index (χ0v) is 15.7. The number of carbonyl (C=O) groups is 1. The van der Waals surface area contributed by atoms with Crippen LogP contribution in [-0.2, 0) is 11.2 Å². The van der Waals surface area contributed by atoms with E-state index in [0.717, 1.165) is 37.2 Å². The quantitative estimate of drug-likeness (QED) is 0.864. The number of rotatable bonds is 6. The van der Waals surface area contributed by atoms with E-state index in [1.165, 1.54) is 5.56 Å². The summed E-state index contributed by atoms with van der Waals surface area (Å²) in [6.07, 6.45) is 2.43. The number of hydrogen-bond acceptors (Lipinski definition) is 3. The van der Waals surface area contributed by atoms with Crippen LogP contribution < -0.4 is 10.1 Å². The molecule has 1 amide bonds. The molecule has 1 atom stereocenters. The first-order valence-electron chi connectivity index (χ1n) is 9.39. The van der Waals surface area contributed by atoms with Crippen LogP contribution in [0.2, 0.25) is 0 Å². The van der Waals surface area contributed by atoms with Gasteiger partial charge in [-0.2, -0.15) is 0 Å². The van der Waals surface area contributed by atoms with Crippen LogP contribution in [0.25, 0.3) is 0 Å². The van der Waals surface area contributed by atoms with Crippen LogP contribution in [-0.4, -0.2) is 37.0 Å². The van der Waals surface area contributed by atoms with Gasteiger partial charge in [-0.25, -0.2) is 0 Å². The average Bonchev–Trinajstić information content (AvgIpc) is 2.70. The normalized spacial score (nSPS) is 16.1. The van der Waals surface area contributed by atoms with Crippen molar-refractivity contribution in [1.29, 1.82) is 0 Å². The molecule has 4 nitrogen and oxygen atoms in total. The Bertz CT molecular complexity index is 694. The highest BCUT2D eigenvalue weighted by Gasteiger charge is 2.30. The fourth-order valence-electron chi connectivity index (χ4n) is 3.72. The number of carbonyl (C=O) groups excluding carboxylic acids is 1. The molecule has 1 unspecified atom stereocenters. The molecule has 2 aromatic carbocycles. The molecule has 1 saturated heterocycles. The van der Waals surface area contributed by atoms with Crippen molar-refractivity contribution < 1.29 is 9.53 Å². The number of methoxy groups -OCH3 is 1. The molecule has 138 valence electrons. The standard InChI is InChI=1S/C22H28N2O2/c1-17(19-6-4-3-5-7-19)24(20-12-14-23-15-13-20)22(25)16-18-8-10-21(26-2)11-9-18/h3-11,17,20,23H,12-16H2,1-2H3. The van der Waals surface area contributed by atoms with Crippen molar-refractivity contribution in [3.05, 3.63) is 65.7 Å². The van der Waals surface area contributed by atoms with Gasteiger partial charge in [0, 0.05) is 6.04 Å². The number of ether oxygens (including phenoxy) is 1. The summed E-state index contributed by atoms with van der Waals surface area (Å²) in [5.74, 6) is 1.01. The van der Waals surface area contributed by atoms with Crippen LogP contribution in [0, 0.1) is 0 Å². The van der Waals surface area contributed by atoms with E-state index in [2.05, 4.69) is 29.3 Å². The first-order valence-corrected chi connectivity index (χ1v) is 9.39. The number of amides is 1. The molecule has 0 spiro atoms. The van der Waals surface area contributed by atoms with Crippen molar-refractivity contribution in [3.8, 4) is 5.75 Å². The topological polar surface area (TPSA) is 41.6 Å². The second kappa shape index (κ2) is 8.86. The Morgan fingerprint density at radius 2 is 1.77 bits per heavy atom. The Hall–Kier alpha value is -2.33. The van der Waals surface area contributed by atoms with Gasteiger partial charge in [0.05, 0.1) is 19.6 Å². The third kappa shape index (κ3) is 4.44. The van der Waals surface area contributed by atoms with Crippen LogP contribution >= 0.6 is 0 Å². The van der Waals surface area contributed by atoms with Crippen LogP contribution in [0.5, 0.6) is 5.75 Å². The lowest BCUT2D eigenvalue weighted by atomic mass is 9.98. The lowest BCUT2D eigenvalue weighted by molar-refractivity contribution is -0.136. The van der Waals surface area contributed by atoms with Gasteiger partial charge in [0.2, 0.25) is 5.91 Å². The maximum absolute atomic E-state index is 13.3. The van der Waals surface area contributed by atoms with Gasteiger partial charge in [0.15, 0.2) is 0 Å². The summed E-state index contributed by atoms with van der Waals surface area (Å²) in [6, 6.07) is 18.5. The summed E-state index contributed by atoms with van der Waals surface area (Å²) in [4.78, 5) is 15.4. The minimum Gasteiger partial charge on any atom is -0.497 e. The number of benzene rings is 2. The number of piperidine rings is 1. The fraction of sp³-hybridized carbons (Fsp3) is 0.409. The molecular formula is C22H28N2O2. The molecule has 1 N–H and O–H groups in total. The van der Waals surface area contributed by atoms with Crippen LogP contribution in [0.15, 0.2) is 54.6 Å². The molecule has 1 aliphatic rings. The summed E-state index contributed by atoms with van der Waals surface area (Å²) in [6.45, 7) is 4.08. The molecule has 26 heavy (non-hydrogen) atoms. The summed E-state index contributed by atoms with van der Waals surface area (Å²) >= 11 is 0. The van der Waals surface area contributed by atoms with Crippen molar-refractivity contribution in [2.45, 2.75) is 38.3 Å². The zero-order chi connectivity index (χ0) is 18.4. The molecule has 0 radical (unpaired) electrons. The van der Waals surface area contributed by atoms with Gasteiger partial charge in [-0.15, -0.1) is 0 Å². The first kappa shape index (κ1) is 18.5. The molecule has 1 aliphatic heterocycles. The first-order chi connectivity index (χ1) is 12.7. The summed E-state index contributed by atoms with van der Waals surface area (Å²) < 4.78 is 5.21. The Morgan fingerprint density at radius 3 is 2.38 bits per heavy atom. The Labute approximate surface area is 156 Å². The van der Waals surface area contributed by atoms with E-state index in [0.29, 0.717) is 6.42 Å². The highest BCUT2D eigenvalue weighted by atomic mass is 16.5. The smallest absolute Gasteiger partial charge is 0.227 e. The summed E-state index contributed by atoms with van der Waals surface area (Å²) in [7, 11) is 1.65. The van der Waals surface area contributed by atoms with E-state index in [9.17, 15) is 4.79 Å². The summed E-state index contributed by atoms with van der Waals surface area (Å²) in [5, 5.41) is 3.40. The van der Waals surface area contributed by atoms with Crippen LogP contribution in [0.1, 0.15) is 36.9 Å². The molecule has 0 bridgehead atoms. The van der Waals surface area contributed by atoms with Gasteiger partial charge in [-0.3, -0.25) is 4.79 Å². The van der Waals surface area contributed by atoms with E-state index < -0.39 is 0 Å². The largest absolute Gasteiger partial charge is 0.497 e. The van der Waals surface area contributed by atoms with E-state index >= 15 is 0 Å². The molecular weight excluding hydrogens is 324 g/mol. The van der Waals surface area contributed by atoms with E-state index in [-0.39, 0.29) is 18.0 Å². The average molecular weight is 352 g/mol. The second-order valence-corrected chi connectivity index (χ2v) is 6.89. The molecule has 0 aliphatic carbocycles. The number of nitrogens with zero attached hydrogens (tertiary/aromatic N) is 1. The minimum absolute atomic E-state index is 0.0741. The highest BCUT2D eigenvalue weighted by Crippen LogP contribution is 2.27. The van der Waals surface area contributed by atoms with Crippen molar-refractivity contribution in [2.75, 3.05) is 20.2 Å². The summed E-state index contributed by atoms with van der Waals surface area (Å²) in [5.41, 5.74) is 2.21. The third-order valence-electron chi connectivity index (χ3n) is 5.20. The fourth-order valence-corrected chi connectivity index (χ4v) is 3.72. The Kier molecular flexibility index (Phi) is 6.29. The predicted octanol–water partition coefficient (Wildman–Crippen LogP) is 3.58. The molecule has 0 aromatic heterocycles. The predicted molar refractivity (Wildman–Crippen MR) is 104 cm³/mol. The van der Waals surface area contributed by atoms with Gasteiger partial charge in [0.1, 0.15) is 5.75 Å². The minimum atomic E-state index is 0.0741. The van der Waals surface area contributed by atoms with E-state index in [4.69, 9.17) is 4.74 Å². The van der Waals surface area contributed by atoms with Crippen molar-refractivity contribution in [1.82, 2.24) is 10.2 Å². The third-order valence-corrected chi connectivity index (χ3v) is 5.20. The molecule has 0 saturated carbocycles. The number of nitrogens with one attached hydrogen (secondary N) is 1. The molecule has 1 heterocycles. The van der Waals surface area contributed by atoms with Gasteiger partial charge in [0.25, 0.3) is 0 Å². The number of hydrogen-bond donors (Lipinski definition) is 1. The lowest BCUT2D eigenvalue weighted by Crippen LogP contribution is -2.47. The maximum atomic E-state index is 13.3. The van der Waals surface area contributed by atoms with Crippen LogP contribution in [0.4, 0.5) is 0 Å². The van der Waals surface area contributed by atoms with Gasteiger partial charge in [-0.05, 0) is 56.1 Å². The molecule has 2 aromatic rings. The molecule has 3 rings (SSSR count). The monoisotopic (exact) mass is 352 g/mol. The van der Waals surface area contributed by atoms with Crippen molar-refractivity contribution in [2.24, 2.45) is 0 Å². The maximum Gasteiger partial charge on any atom is 0.227 e. The molecule has 1 fully saturated rings. The zero-order valence-electron chi connectivity index (χ0n) is 15.7. The van der Waals surface area contributed by atoms with Crippen molar-refractivity contribution in [3.63, 3.8) is 0 Å². The van der Waals surface area contributed by atoms with Gasteiger partial charge >= 0.3 is 0 Å². The van der Waals surface area contributed by atoms with Crippen molar-refractivity contribution >= 4 is 5.91 Å². The second-order valence-electron chi connectivity index (χ2n) is 6.89. The molecule has 4 heteroatoms. The highest BCUT2D eigenvalue weighted by molar-refractivity contribution is 5.79. The van der Waals surface area contributed by atoms with Gasteiger partial charge < -0.3 is 15.0 Å². The van der Waals surface area contributed by atoms with E-state index in [1.54, 1.807) is 7.11 Å². The Balaban J connectivity index is 1.80.